The van der Waals surface area contributed by atoms with E-state index in [1.54, 1.807) is 13.0 Å². The molecule has 8 rings (SSSR count). The predicted octanol–water partition coefficient (Wildman–Crippen LogP) is 2.63. The van der Waals surface area contributed by atoms with Crippen molar-refractivity contribution >= 4 is 24.0 Å². The molecule has 0 amide bonds. The normalized spacial score (nSPS) is 46.5. The van der Waals surface area contributed by atoms with Gasteiger partial charge in [0, 0.05) is 16.9 Å². The molecule has 1 aromatic carbocycles. The zero-order valence-corrected chi connectivity index (χ0v) is 44.6. The molecular weight excluding hydrogens is 977 g/mol. The van der Waals surface area contributed by atoms with Crippen LogP contribution >= 0.6 is 0 Å². The largest absolute Gasteiger partial charge is 0.479 e. The predicted molar refractivity (Wildman–Crippen MR) is 266 cm³/mol. The first kappa shape index (κ1) is 57.8. The lowest BCUT2D eigenvalue weighted by Crippen LogP contribution is -2.76. The second kappa shape index (κ2) is 21.0. The van der Waals surface area contributed by atoms with Gasteiger partial charge in [0.1, 0.15) is 48.8 Å². The third kappa shape index (κ3) is 9.24. The Kier molecular flexibility index (Phi) is 16.2. The molecule has 0 aromatic heterocycles. The van der Waals surface area contributed by atoms with Crippen LogP contribution in [0.4, 0.5) is 0 Å². The number of aliphatic hydroxyl groups is 9. The molecule has 0 spiro atoms. The number of fused-ring (bicyclic) bond motifs is 7. The first-order valence-corrected chi connectivity index (χ1v) is 26.8. The van der Waals surface area contributed by atoms with Crippen molar-refractivity contribution in [1.29, 1.82) is 0 Å². The number of carboxylic acid groups (broad SMARTS) is 1. The van der Waals surface area contributed by atoms with E-state index in [2.05, 4.69) is 19.9 Å². The fourth-order valence-electron chi connectivity index (χ4n) is 15.6. The molecule has 5 aliphatic carbocycles. The van der Waals surface area contributed by atoms with Gasteiger partial charge in [-0.1, -0.05) is 104 Å². The van der Waals surface area contributed by atoms with E-state index < -0.39 is 167 Å². The van der Waals surface area contributed by atoms with Crippen LogP contribution in [0.2, 0.25) is 0 Å². The molecule has 2 aliphatic heterocycles. The summed E-state index contributed by atoms with van der Waals surface area (Å²) in [6.07, 6.45) is -15.6. The number of carboxylic acids is 1. The molecule has 19 heteroatoms. The Balaban J connectivity index is 1.11. The molecule has 19 nitrogen and oxygen atoms in total. The second-order valence-electron chi connectivity index (χ2n) is 24.9. The first-order valence-electron chi connectivity index (χ1n) is 26.8. The maximum Gasteiger partial charge on any atom is 0.335 e. The summed E-state index contributed by atoms with van der Waals surface area (Å²) in [5.74, 6) is -4.23. The minimum absolute atomic E-state index is 0.0777. The van der Waals surface area contributed by atoms with E-state index in [1.165, 1.54) is 6.08 Å². The highest BCUT2D eigenvalue weighted by molar-refractivity contribution is 5.87. The minimum atomic E-state index is -2.02. The number of aliphatic carboxylic acids is 1. The standard InChI is InChI=1S/C56H82O19/c1-10-27(2)48(69)75-46-45(72-35(59)19-16-28-14-12-11-13-15-28)51(3,4)24-30-29-17-18-33-53(7)22-21-34(52(5,6)32(53)20-23-54(33,8)55(29,9)43(65)44(66)56(30,46)26-58)71-50-42(39(63)38(62)41(73-50)47(67)68)74-49-40(64)37(61)36(60)31(25-57)70-49/h11-17,19,27,30-34,36-46,49-50,57-58,60-66H,10,18,20-26H2,1-9H3,(H,67,68). The van der Waals surface area contributed by atoms with Crippen LogP contribution in [0.15, 0.2) is 48.1 Å². The number of ether oxygens (including phenoxy) is 6. The topological polar surface area (TPSA) is 309 Å². The van der Waals surface area contributed by atoms with Gasteiger partial charge in [-0.15, -0.1) is 0 Å². The van der Waals surface area contributed by atoms with Crippen molar-refractivity contribution in [1.82, 2.24) is 0 Å². The summed E-state index contributed by atoms with van der Waals surface area (Å²) in [6, 6.07) is 9.21. The second-order valence-corrected chi connectivity index (χ2v) is 24.9. The van der Waals surface area contributed by atoms with Gasteiger partial charge < -0.3 is 79.5 Å². The molecular formula is C56H82O19. The van der Waals surface area contributed by atoms with E-state index in [4.69, 9.17) is 28.4 Å². The third-order valence-electron chi connectivity index (χ3n) is 20.3. The molecule has 7 aliphatic rings. The van der Waals surface area contributed by atoms with Crippen LogP contribution in [0, 0.1) is 56.2 Å². The fourth-order valence-corrected chi connectivity index (χ4v) is 15.6. The molecule has 75 heavy (non-hydrogen) atoms. The van der Waals surface area contributed by atoms with Crippen LogP contribution < -0.4 is 0 Å². The highest BCUT2D eigenvalue weighted by Crippen LogP contribution is 2.76. The number of allylic oxidation sites excluding steroid dienone is 1. The molecule has 23 unspecified atom stereocenters. The molecule has 2 heterocycles. The van der Waals surface area contributed by atoms with E-state index in [-0.39, 0.29) is 11.8 Å². The number of esters is 2. The number of rotatable bonds is 13. The molecule has 10 N–H and O–H groups in total. The highest BCUT2D eigenvalue weighted by Gasteiger charge is 2.76. The number of carbonyl (C=O) groups is 3. The maximum atomic E-state index is 14.0. The molecule has 420 valence electrons. The van der Waals surface area contributed by atoms with E-state index >= 15 is 0 Å². The maximum absolute atomic E-state index is 14.0. The lowest BCUT2D eigenvalue weighted by molar-refractivity contribution is -0.374. The zero-order chi connectivity index (χ0) is 55.1. The quantitative estimate of drug-likeness (QED) is 0.0588. The van der Waals surface area contributed by atoms with E-state index in [9.17, 15) is 65.4 Å². The van der Waals surface area contributed by atoms with Crippen LogP contribution in [0.3, 0.4) is 0 Å². The lowest BCUT2D eigenvalue weighted by Gasteiger charge is -2.73. The van der Waals surface area contributed by atoms with Crippen molar-refractivity contribution in [3.8, 4) is 0 Å². The molecule has 1 aromatic rings. The van der Waals surface area contributed by atoms with Crippen LogP contribution in [0.5, 0.6) is 0 Å². The Labute approximate surface area is 438 Å². The van der Waals surface area contributed by atoms with Crippen molar-refractivity contribution in [2.24, 2.45) is 56.2 Å². The highest BCUT2D eigenvalue weighted by atomic mass is 16.8. The van der Waals surface area contributed by atoms with Gasteiger partial charge in [0.15, 0.2) is 24.8 Å². The average Bonchev–Trinajstić information content (AvgIpc) is 3.36. The van der Waals surface area contributed by atoms with Crippen LogP contribution in [0.25, 0.3) is 6.08 Å². The molecule has 4 saturated carbocycles. The van der Waals surface area contributed by atoms with Crippen molar-refractivity contribution in [3.05, 3.63) is 53.6 Å². The summed E-state index contributed by atoms with van der Waals surface area (Å²) in [4.78, 5) is 40.1. The number of carbonyl (C=O) groups excluding carboxylic acids is 2. The molecule has 23 atom stereocenters. The van der Waals surface area contributed by atoms with Gasteiger partial charge in [-0.3, -0.25) is 4.79 Å². The van der Waals surface area contributed by atoms with Gasteiger partial charge in [-0.25, -0.2) is 9.59 Å². The third-order valence-corrected chi connectivity index (χ3v) is 20.3. The van der Waals surface area contributed by atoms with E-state index in [0.29, 0.717) is 44.9 Å². The molecule has 0 bridgehead atoms. The van der Waals surface area contributed by atoms with Crippen LogP contribution in [-0.4, -0.2) is 174 Å². The average molecular weight is 1060 g/mol. The first-order chi connectivity index (χ1) is 35.1. The summed E-state index contributed by atoms with van der Waals surface area (Å²) in [5.41, 5.74) is -3.84. The van der Waals surface area contributed by atoms with Crippen LogP contribution in [-0.2, 0) is 42.8 Å². The Hall–Kier alpha value is -3.41. The fraction of sp³-hybridized carbons (Fsp3) is 0.768. The van der Waals surface area contributed by atoms with Gasteiger partial charge in [0.25, 0.3) is 0 Å². The summed E-state index contributed by atoms with van der Waals surface area (Å²) in [7, 11) is 0. The van der Waals surface area contributed by atoms with Crippen LogP contribution in [0.1, 0.15) is 113 Å². The smallest absolute Gasteiger partial charge is 0.335 e. The number of hydrogen-bond donors (Lipinski definition) is 10. The SMILES string of the molecule is CCC(C)C(=O)OC1C(OC(=O)C=Cc2ccccc2)C(C)(C)CC2C3=CCC4C5(C)CCC(OC6OC(C(=O)O)C(O)C(O)C6OC6OC(CO)C(O)C(O)C6O)C(C)(C)C5CCC4(C)C3(C)C(O)C(O)C21CO. The molecule has 0 radical (unpaired) electrons. The Bertz CT molecular complexity index is 2300. The number of aliphatic hydroxyl groups excluding tert-OH is 9. The van der Waals surface area contributed by atoms with Crippen molar-refractivity contribution in [2.75, 3.05) is 13.2 Å². The summed E-state index contributed by atoms with van der Waals surface area (Å²) in [6.45, 7) is 16.5. The van der Waals surface area contributed by atoms with Gasteiger partial charge in [0.05, 0.1) is 42.9 Å². The lowest BCUT2D eigenvalue weighted by atomic mass is 9.32. The van der Waals surface area contributed by atoms with Gasteiger partial charge in [-0.05, 0) is 90.6 Å². The number of hydrogen-bond acceptors (Lipinski definition) is 18. The van der Waals surface area contributed by atoms with E-state index in [0.717, 1.165) is 11.1 Å². The van der Waals surface area contributed by atoms with Crippen molar-refractivity contribution in [3.63, 3.8) is 0 Å². The summed E-state index contributed by atoms with van der Waals surface area (Å²) in [5, 5.41) is 112. The zero-order valence-electron chi connectivity index (χ0n) is 44.6. The van der Waals surface area contributed by atoms with Gasteiger partial charge >= 0.3 is 17.9 Å². The monoisotopic (exact) mass is 1060 g/mol. The number of benzene rings is 1. The minimum Gasteiger partial charge on any atom is -0.479 e. The Morgan fingerprint density at radius 3 is 2.08 bits per heavy atom. The van der Waals surface area contributed by atoms with Gasteiger partial charge in [0.2, 0.25) is 0 Å². The summed E-state index contributed by atoms with van der Waals surface area (Å²) >= 11 is 0. The van der Waals surface area contributed by atoms with Crippen molar-refractivity contribution in [2.45, 2.75) is 199 Å². The Morgan fingerprint density at radius 2 is 1.45 bits per heavy atom. The Morgan fingerprint density at radius 1 is 0.773 bits per heavy atom. The van der Waals surface area contributed by atoms with Crippen molar-refractivity contribution < 1.29 is 93.9 Å². The molecule has 2 saturated heterocycles. The van der Waals surface area contributed by atoms with Gasteiger partial charge in [-0.2, -0.15) is 0 Å². The van der Waals surface area contributed by atoms with E-state index in [1.807, 2.05) is 71.9 Å². The molecule has 6 fully saturated rings. The summed E-state index contributed by atoms with van der Waals surface area (Å²) < 4.78 is 36.8.